The Hall–Kier alpha value is -1.63. The normalized spacial score (nSPS) is 19.4. The van der Waals surface area contributed by atoms with Crippen molar-refractivity contribution in [1.29, 1.82) is 0 Å². The minimum Gasteiger partial charge on any atom is -0.467 e. The summed E-state index contributed by atoms with van der Waals surface area (Å²) in [6, 6.07) is -0.562. The number of piperidine rings is 1. The molecule has 2 amide bonds. The second-order valence-corrected chi connectivity index (χ2v) is 5.64. The van der Waals surface area contributed by atoms with Gasteiger partial charge >= 0.3 is 5.97 Å². The van der Waals surface area contributed by atoms with Gasteiger partial charge in [0.25, 0.3) is 0 Å². The first-order chi connectivity index (χ1) is 10.5. The van der Waals surface area contributed by atoms with E-state index < -0.39 is 23.8 Å². The lowest BCUT2D eigenvalue weighted by Gasteiger charge is -2.36. The van der Waals surface area contributed by atoms with E-state index in [1.54, 1.807) is 10.4 Å². The monoisotopic (exact) mass is 314 g/mol. The maximum Gasteiger partial charge on any atom is 0.328 e. The summed E-state index contributed by atoms with van der Waals surface area (Å²) in [7, 11) is 1.31. The van der Waals surface area contributed by atoms with E-state index in [0.717, 1.165) is 25.7 Å². The maximum atomic E-state index is 12.7. The number of carbonyl (C=O) groups is 3. The molecule has 22 heavy (non-hydrogen) atoms. The predicted octanol–water partition coefficient (Wildman–Crippen LogP) is 1.24. The Balaban J connectivity index is 2.83. The number of esters is 1. The van der Waals surface area contributed by atoms with Gasteiger partial charge in [-0.15, -0.1) is 0 Å². The lowest BCUT2D eigenvalue weighted by molar-refractivity contribution is -0.157. The molecule has 0 saturated carbocycles. The van der Waals surface area contributed by atoms with Crippen molar-refractivity contribution in [2.45, 2.75) is 57.9 Å². The van der Waals surface area contributed by atoms with Crippen molar-refractivity contribution in [3.63, 3.8) is 0 Å². The van der Waals surface area contributed by atoms with Crippen LogP contribution in [0.3, 0.4) is 0 Å². The number of hydroxylamine groups is 1. The summed E-state index contributed by atoms with van der Waals surface area (Å²) in [5, 5.41) is 8.68. The van der Waals surface area contributed by atoms with Crippen molar-refractivity contribution in [2.24, 2.45) is 5.92 Å². The van der Waals surface area contributed by atoms with Gasteiger partial charge in [0.2, 0.25) is 11.8 Å². The molecule has 1 aliphatic rings. The SMILES string of the molecule is CCCCC(CC(=O)NO)C(=O)N1CCCCC1C(=O)OC. The van der Waals surface area contributed by atoms with Gasteiger partial charge in [0.1, 0.15) is 6.04 Å². The third kappa shape index (κ3) is 4.98. The highest BCUT2D eigenvalue weighted by molar-refractivity contribution is 5.89. The van der Waals surface area contributed by atoms with Crippen LogP contribution in [-0.4, -0.2) is 47.6 Å². The second kappa shape index (κ2) is 9.40. The Morgan fingerprint density at radius 1 is 1.36 bits per heavy atom. The van der Waals surface area contributed by atoms with Crippen molar-refractivity contribution in [2.75, 3.05) is 13.7 Å². The quantitative estimate of drug-likeness (QED) is 0.419. The van der Waals surface area contributed by atoms with Crippen LogP contribution in [0.4, 0.5) is 0 Å². The minimum absolute atomic E-state index is 0.0697. The number of likely N-dealkylation sites (tertiary alicyclic amines) is 1. The van der Waals surface area contributed by atoms with Crippen LogP contribution in [0, 0.1) is 5.92 Å². The van der Waals surface area contributed by atoms with Crippen LogP contribution in [0.25, 0.3) is 0 Å². The molecule has 0 aliphatic carbocycles. The molecule has 1 heterocycles. The van der Waals surface area contributed by atoms with Gasteiger partial charge in [-0.25, -0.2) is 10.3 Å². The number of ether oxygens (including phenoxy) is 1. The van der Waals surface area contributed by atoms with Crippen molar-refractivity contribution >= 4 is 17.8 Å². The number of nitrogens with zero attached hydrogens (tertiary/aromatic N) is 1. The number of carbonyl (C=O) groups excluding carboxylic acids is 3. The zero-order valence-corrected chi connectivity index (χ0v) is 13.3. The topological polar surface area (TPSA) is 95.9 Å². The Morgan fingerprint density at radius 3 is 2.68 bits per heavy atom. The zero-order chi connectivity index (χ0) is 16.5. The number of hydrogen-bond acceptors (Lipinski definition) is 5. The molecule has 126 valence electrons. The molecular formula is C15H26N2O5. The fourth-order valence-corrected chi connectivity index (χ4v) is 2.84. The van der Waals surface area contributed by atoms with E-state index in [9.17, 15) is 14.4 Å². The standard InChI is InChI=1S/C15H26N2O5/c1-3-4-7-11(10-13(18)16-21)14(19)17-9-6-5-8-12(17)15(20)22-2/h11-12,21H,3-10H2,1-2H3,(H,16,18). The number of methoxy groups -OCH3 is 1. The molecule has 1 aliphatic heterocycles. The van der Waals surface area contributed by atoms with Crippen LogP contribution < -0.4 is 5.48 Å². The zero-order valence-electron chi connectivity index (χ0n) is 13.3. The number of amides is 2. The van der Waals surface area contributed by atoms with Crippen LogP contribution in [0.5, 0.6) is 0 Å². The van der Waals surface area contributed by atoms with Gasteiger partial charge in [-0.3, -0.25) is 14.8 Å². The molecule has 1 fully saturated rings. The van der Waals surface area contributed by atoms with E-state index in [1.807, 2.05) is 6.92 Å². The number of nitrogens with one attached hydrogen (secondary N) is 1. The maximum absolute atomic E-state index is 12.7. The number of hydrogen-bond donors (Lipinski definition) is 2. The third-order valence-corrected chi connectivity index (χ3v) is 4.07. The van der Waals surface area contributed by atoms with Gasteiger partial charge < -0.3 is 9.64 Å². The predicted molar refractivity (Wildman–Crippen MR) is 78.9 cm³/mol. The molecule has 0 aromatic heterocycles. The van der Waals surface area contributed by atoms with Crippen LogP contribution in [0.15, 0.2) is 0 Å². The van der Waals surface area contributed by atoms with Gasteiger partial charge in [0.15, 0.2) is 0 Å². The first kappa shape index (κ1) is 18.4. The van der Waals surface area contributed by atoms with Gasteiger partial charge in [0, 0.05) is 18.9 Å². The average molecular weight is 314 g/mol. The summed E-state index contributed by atoms with van der Waals surface area (Å²) in [6.07, 6.45) is 4.51. The minimum atomic E-state index is -0.582. The number of rotatable bonds is 7. The molecule has 0 aromatic rings. The molecule has 1 rings (SSSR count). The molecule has 7 heteroatoms. The van der Waals surface area contributed by atoms with Gasteiger partial charge in [-0.05, 0) is 25.7 Å². The van der Waals surface area contributed by atoms with Crippen LogP contribution >= 0.6 is 0 Å². The molecule has 0 bridgehead atoms. The molecule has 0 aromatic carbocycles. The molecule has 0 spiro atoms. The third-order valence-electron chi connectivity index (χ3n) is 4.07. The van der Waals surface area contributed by atoms with Crippen LogP contribution in [-0.2, 0) is 19.1 Å². The van der Waals surface area contributed by atoms with Crippen molar-refractivity contribution in [3.05, 3.63) is 0 Å². The Bertz CT molecular complexity index is 399. The number of unbranched alkanes of at least 4 members (excludes halogenated alkanes) is 1. The highest BCUT2D eigenvalue weighted by Crippen LogP contribution is 2.24. The first-order valence-corrected chi connectivity index (χ1v) is 7.86. The molecule has 2 atom stereocenters. The summed E-state index contributed by atoms with van der Waals surface area (Å²) in [6.45, 7) is 2.51. The fraction of sp³-hybridized carbons (Fsp3) is 0.800. The van der Waals surface area contributed by atoms with E-state index in [1.165, 1.54) is 7.11 Å². The van der Waals surface area contributed by atoms with Crippen molar-refractivity contribution in [3.8, 4) is 0 Å². The van der Waals surface area contributed by atoms with Crippen LogP contribution in [0.2, 0.25) is 0 Å². The lowest BCUT2D eigenvalue weighted by atomic mass is 9.93. The Kier molecular flexibility index (Phi) is 7.87. The van der Waals surface area contributed by atoms with Gasteiger partial charge in [-0.1, -0.05) is 19.8 Å². The highest BCUT2D eigenvalue weighted by Gasteiger charge is 2.36. The van der Waals surface area contributed by atoms with Crippen molar-refractivity contribution in [1.82, 2.24) is 10.4 Å². The van der Waals surface area contributed by atoms with Gasteiger partial charge in [-0.2, -0.15) is 0 Å². The van der Waals surface area contributed by atoms with E-state index in [2.05, 4.69) is 0 Å². The van der Waals surface area contributed by atoms with E-state index >= 15 is 0 Å². The molecular weight excluding hydrogens is 288 g/mol. The van der Waals surface area contributed by atoms with E-state index in [-0.39, 0.29) is 12.3 Å². The molecule has 2 unspecified atom stereocenters. The Morgan fingerprint density at radius 2 is 2.09 bits per heavy atom. The summed E-state index contributed by atoms with van der Waals surface area (Å²) < 4.78 is 4.78. The summed E-state index contributed by atoms with van der Waals surface area (Å²) in [4.78, 5) is 37.6. The molecule has 2 N–H and O–H groups in total. The average Bonchev–Trinajstić information content (AvgIpc) is 2.56. The van der Waals surface area contributed by atoms with Crippen LogP contribution in [0.1, 0.15) is 51.9 Å². The summed E-state index contributed by atoms with van der Waals surface area (Å²) >= 11 is 0. The van der Waals surface area contributed by atoms with E-state index in [0.29, 0.717) is 19.4 Å². The second-order valence-electron chi connectivity index (χ2n) is 5.64. The molecule has 7 nitrogen and oxygen atoms in total. The first-order valence-electron chi connectivity index (χ1n) is 7.86. The van der Waals surface area contributed by atoms with Gasteiger partial charge in [0.05, 0.1) is 7.11 Å². The van der Waals surface area contributed by atoms with Crippen molar-refractivity contribution < 1.29 is 24.3 Å². The summed E-state index contributed by atoms with van der Waals surface area (Å²) in [5.74, 6) is -1.71. The molecule has 1 saturated heterocycles. The Labute approximate surface area is 130 Å². The smallest absolute Gasteiger partial charge is 0.328 e. The summed E-state index contributed by atoms with van der Waals surface area (Å²) in [5.41, 5.74) is 1.57. The van der Waals surface area contributed by atoms with E-state index in [4.69, 9.17) is 9.94 Å². The molecule has 0 radical (unpaired) electrons. The fourth-order valence-electron chi connectivity index (χ4n) is 2.84. The largest absolute Gasteiger partial charge is 0.467 e. The lowest BCUT2D eigenvalue weighted by Crippen LogP contribution is -2.51. The highest BCUT2D eigenvalue weighted by atomic mass is 16.5.